The van der Waals surface area contributed by atoms with Crippen LogP contribution >= 0.6 is 11.8 Å². The molecule has 160 valence electrons. The fourth-order valence-corrected chi connectivity index (χ4v) is 5.46. The molecule has 0 saturated carbocycles. The summed E-state index contributed by atoms with van der Waals surface area (Å²) in [5, 5.41) is 9.79. The lowest BCUT2D eigenvalue weighted by Gasteiger charge is -2.28. The topological polar surface area (TPSA) is 63.5 Å². The number of ether oxygens (including phenoxy) is 1. The van der Waals surface area contributed by atoms with Crippen LogP contribution in [0.25, 0.3) is 0 Å². The average Bonchev–Trinajstić information content (AvgIpc) is 3.54. The van der Waals surface area contributed by atoms with Gasteiger partial charge in [0.1, 0.15) is 0 Å². The molecule has 0 aliphatic carbocycles. The third-order valence-electron chi connectivity index (χ3n) is 6.30. The molecule has 8 heteroatoms. The lowest BCUT2D eigenvalue weighted by molar-refractivity contribution is -0.129. The summed E-state index contributed by atoms with van der Waals surface area (Å²) in [7, 11) is 0. The van der Waals surface area contributed by atoms with E-state index in [4.69, 9.17) is 4.74 Å². The van der Waals surface area contributed by atoms with Gasteiger partial charge in [0, 0.05) is 32.8 Å². The van der Waals surface area contributed by atoms with Gasteiger partial charge < -0.3 is 14.5 Å². The molecule has 2 saturated heterocycles. The van der Waals surface area contributed by atoms with Gasteiger partial charge in [-0.05, 0) is 43.2 Å². The highest BCUT2D eigenvalue weighted by molar-refractivity contribution is 7.99. The first-order chi connectivity index (χ1) is 14.8. The highest BCUT2D eigenvalue weighted by Gasteiger charge is 2.26. The predicted octanol–water partition coefficient (Wildman–Crippen LogP) is 2.73. The Kier molecular flexibility index (Phi) is 5.95. The number of hydrogen-bond acceptors (Lipinski definition) is 6. The SMILES string of the molecule is O=C(CSc1nnc(N2CCCC2)n1C[C@H]1CCCO1)N1CCc2ccccc2C1. The van der Waals surface area contributed by atoms with Crippen molar-refractivity contribution in [2.24, 2.45) is 0 Å². The largest absolute Gasteiger partial charge is 0.376 e. The van der Waals surface area contributed by atoms with E-state index in [9.17, 15) is 4.79 Å². The first-order valence-corrected chi connectivity index (χ1v) is 12.0. The molecule has 1 amide bonds. The number of carbonyl (C=O) groups is 1. The van der Waals surface area contributed by atoms with E-state index in [-0.39, 0.29) is 12.0 Å². The number of benzene rings is 1. The Bertz CT molecular complexity index is 889. The minimum absolute atomic E-state index is 0.170. The fraction of sp³-hybridized carbons (Fsp3) is 0.591. The summed E-state index contributed by atoms with van der Waals surface area (Å²) in [5.41, 5.74) is 2.63. The maximum atomic E-state index is 12.9. The minimum atomic E-state index is 0.170. The number of rotatable bonds is 6. The summed E-state index contributed by atoms with van der Waals surface area (Å²) in [5.74, 6) is 1.50. The van der Waals surface area contributed by atoms with E-state index in [2.05, 4.69) is 43.9 Å². The Balaban J connectivity index is 1.26. The zero-order chi connectivity index (χ0) is 20.3. The van der Waals surface area contributed by atoms with E-state index in [1.807, 2.05) is 4.90 Å². The zero-order valence-corrected chi connectivity index (χ0v) is 18.1. The lowest BCUT2D eigenvalue weighted by Crippen LogP contribution is -2.37. The van der Waals surface area contributed by atoms with Crippen LogP contribution in [0.2, 0.25) is 0 Å². The molecule has 0 bridgehead atoms. The standard InChI is InChI=1S/C22H29N5O2S/c28-20(26-12-9-17-6-1-2-7-18(17)14-26)16-30-22-24-23-21(25-10-3-4-11-25)27(22)15-19-8-5-13-29-19/h1-2,6-7,19H,3-5,8-16H2/t19-/m1/s1. The van der Waals surface area contributed by atoms with E-state index in [0.29, 0.717) is 12.3 Å². The summed E-state index contributed by atoms with van der Waals surface area (Å²) in [6, 6.07) is 8.42. The van der Waals surface area contributed by atoms with Crippen LogP contribution in [0.1, 0.15) is 36.8 Å². The van der Waals surface area contributed by atoms with Gasteiger partial charge in [0.25, 0.3) is 0 Å². The van der Waals surface area contributed by atoms with E-state index < -0.39 is 0 Å². The first kappa shape index (κ1) is 19.9. The Morgan fingerprint density at radius 1 is 1.10 bits per heavy atom. The monoisotopic (exact) mass is 427 g/mol. The van der Waals surface area contributed by atoms with Crippen molar-refractivity contribution in [1.82, 2.24) is 19.7 Å². The van der Waals surface area contributed by atoms with Gasteiger partial charge >= 0.3 is 0 Å². The molecule has 3 aliphatic rings. The van der Waals surface area contributed by atoms with Gasteiger partial charge in [-0.3, -0.25) is 9.36 Å². The highest BCUT2D eigenvalue weighted by Crippen LogP contribution is 2.28. The molecule has 0 N–H and O–H groups in total. The van der Waals surface area contributed by atoms with Crippen LogP contribution in [0.4, 0.5) is 5.95 Å². The molecule has 1 atom stereocenters. The second-order valence-corrected chi connectivity index (χ2v) is 9.29. The van der Waals surface area contributed by atoms with Crippen molar-refractivity contribution in [3.05, 3.63) is 35.4 Å². The first-order valence-electron chi connectivity index (χ1n) is 11.0. The van der Waals surface area contributed by atoms with Crippen molar-refractivity contribution in [2.75, 3.05) is 36.9 Å². The molecule has 7 nitrogen and oxygen atoms in total. The molecule has 2 fully saturated rings. The number of aromatic nitrogens is 3. The van der Waals surface area contributed by atoms with Crippen molar-refractivity contribution in [2.45, 2.75) is 56.5 Å². The molecule has 1 aromatic carbocycles. The Morgan fingerprint density at radius 3 is 2.73 bits per heavy atom. The van der Waals surface area contributed by atoms with Crippen LogP contribution in [0.5, 0.6) is 0 Å². The molecule has 0 radical (unpaired) electrons. The van der Waals surface area contributed by atoms with Crippen LogP contribution in [-0.2, 0) is 29.0 Å². The summed E-state index contributed by atoms with van der Waals surface area (Å²) < 4.78 is 8.06. The van der Waals surface area contributed by atoms with Crippen molar-refractivity contribution < 1.29 is 9.53 Å². The normalized spacial score (nSPS) is 21.3. The van der Waals surface area contributed by atoms with Crippen molar-refractivity contribution in [1.29, 1.82) is 0 Å². The quantitative estimate of drug-likeness (QED) is 0.661. The molecule has 0 spiro atoms. The Morgan fingerprint density at radius 2 is 1.93 bits per heavy atom. The van der Waals surface area contributed by atoms with Crippen molar-refractivity contribution in [3.8, 4) is 0 Å². The average molecular weight is 428 g/mol. The number of amides is 1. The van der Waals surface area contributed by atoms with Gasteiger partial charge in [-0.2, -0.15) is 0 Å². The maximum Gasteiger partial charge on any atom is 0.233 e. The molecule has 3 aliphatic heterocycles. The maximum absolute atomic E-state index is 12.9. The van der Waals surface area contributed by atoms with Crippen molar-refractivity contribution in [3.63, 3.8) is 0 Å². The predicted molar refractivity (Wildman–Crippen MR) is 117 cm³/mol. The Labute approximate surface area is 181 Å². The number of thioether (sulfide) groups is 1. The van der Waals surface area contributed by atoms with E-state index in [1.165, 1.54) is 35.7 Å². The molecule has 4 heterocycles. The molecule has 2 aromatic rings. The van der Waals surface area contributed by atoms with Gasteiger partial charge in [-0.25, -0.2) is 0 Å². The number of anilines is 1. The molecule has 5 rings (SSSR count). The smallest absolute Gasteiger partial charge is 0.233 e. The summed E-state index contributed by atoms with van der Waals surface area (Å²) in [6.07, 6.45) is 5.74. The molecule has 30 heavy (non-hydrogen) atoms. The van der Waals surface area contributed by atoms with E-state index >= 15 is 0 Å². The van der Waals surface area contributed by atoms with Gasteiger partial charge in [0.2, 0.25) is 11.9 Å². The van der Waals surface area contributed by atoms with Gasteiger partial charge in [0.05, 0.1) is 18.4 Å². The highest BCUT2D eigenvalue weighted by atomic mass is 32.2. The summed E-state index contributed by atoms with van der Waals surface area (Å²) >= 11 is 1.51. The molecular formula is C22H29N5O2S. The zero-order valence-electron chi connectivity index (χ0n) is 17.3. The number of hydrogen-bond donors (Lipinski definition) is 0. The van der Waals surface area contributed by atoms with Crippen LogP contribution in [0.15, 0.2) is 29.4 Å². The third kappa shape index (κ3) is 4.21. The summed E-state index contributed by atoms with van der Waals surface area (Å²) in [4.78, 5) is 17.2. The van der Waals surface area contributed by atoms with Gasteiger partial charge in [-0.1, -0.05) is 36.0 Å². The second kappa shape index (κ2) is 8.98. The third-order valence-corrected chi connectivity index (χ3v) is 7.26. The number of carbonyl (C=O) groups excluding carboxylic acids is 1. The van der Waals surface area contributed by atoms with Crippen LogP contribution in [-0.4, -0.2) is 63.7 Å². The fourth-order valence-electron chi connectivity index (χ4n) is 4.62. The van der Waals surface area contributed by atoms with E-state index in [1.54, 1.807) is 0 Å². The Hall–Kier alpha value is -2.06. The molecule has 1 aromatic heterocycles. The van der Waals surface area contributed by atoms with Crippen LogP contribution in [0.3, 0.4) is 0 Å². The molecule has 0 unspecified atom stereocenters. The second-order valence-electron chi connectivity index (χ2n) is 8.35. The number of fused-ring (bicyclic) bond motifs is 1. The van der Waals surface area contributed by atoms with Crippen molar-refractivity contribution >= 4 is 23.6 Å². The van der Waals surface area contributed by atoms with Crippen LogP contribution in [0, 0.1) is 0 Å². The summed E-state index contributed by atoms with van der Waals surface area (Å²) in [6.45, 7) is 5.16. The molecular weight excluding hydrogens is 398 g/mol. The van der Waals surface area contributed by atoms with Gasteiger partial charge in [0.15, 0.2) is 5.16 Å². The number of nitrogens with zero attached hydrogens (tertiary/aromatic N) is 5. The van der Waals surface area contributed by atoms with Gasteiger partial charge in [-0.15, -0.1) is 10.2 Å². The van der Waals surface area contributed by atoms with E-state index in [0.717, 1.165) is 63.2 Å². The van der Waals surface area contributed by atoms with Crippen LogP contribution < -0.4 is 4.90 Å². The lowest BCUT2D eigenvalue weighted by atomic mass is 10.00. The minimum Gasteiger partial charge on any atom is -0.376 e.